The van der Waals surface area contributed by atoms with E-state index in [1.165, 1.54) is 30.1 Å². The number of carbonyl (C=O) groups is 2. The van der Waals surface area contributed by atoms with Crippen molar-refractivity contribution in [3.8, 4) is 0 Å². The molecule has 0 aromatic heterocycles. The van der Waals surface area contributed by atoms with E-state index in [4.69, 9.17) is 4.74 Å². The fourth-order valence-corrected chi connectivity index (χ4v) is 2.31. The summed E-state index contributed by atoms with van der Waals surface area (Å²) in [5.74, 6) is -0.919. The number of likely N-dealkylation sites (N-methyl/N-ethyl adjacent to an activating group) is 1. The third kappa shape index (κ3) is 4.41. The van der Waals surface area contributed by atoms with Crippen LogP contribution in [0.15, 0.2) is 48.5 Å². The molecule has 7 heteroatoms. The van der Waals surface area contributed by atoms with Crippen LogP contribution >= 0.6 is 0 Å². The Morgan fingerprint density at radius 2 is 1.84 bits per heavy atom. The number of amides is 1. The number of rotatable bonds is 6. The van der Waals surface area contributed by atoms with E-state index in [0.717, 1.165) is 5.56 Å². The molecule has 0 unspecified atom stereocenters. The molecule has 2 aromatic carbocycles. The molecule has 0 aliphatic heterocycles. The van der Waals surface area contributed by atoms with Crippen LogP contribution < -0.4 is 4.90 Å². The van der Waals surface area contributed by atoms with Gasteiger partial charge in [-0.1, -0.05) is 30.3 Å². The number of anilines is 1. The first-order valence-electron chi connectivity index (χ1n) is 7.70. The van der Waals surface area contributed by atoms with Crippen LogP contribution in [0.5, 0.6) is 0 Å². The van der Waals surface area contributed by atoms with E-state index in [1.807, 2.05) is 18.2 Å². The number of hydrogen-bond acceptors (Lipinski definition) is 5. The smallest absolute Gasteiger partial charge is 0.338 e. The minimum Gasteiger partial charge on any atom is -0.462 e. The van der Waals surface area contributed by atoms with Crippen molar-refractivity contribution in [1.82, 2.24) is 0 Å². The fraction of sp³-hybridized carbons (Fsp3) is 0.222. The highest BCUT2D eigenvalue weighted by Crippen LogP contribution is 2.29. The van der Waals surface area contributed by atoms with E-state index in [0.29, 0.717) is 0 Å². The summed E-state index contributed by atoms with van der Waals surface area (Å²) in [5.41, 5.74) is 0.749. The van der Waals surface area contributed by atoms with Gasteiger partial charge in [-0.3, -0.25) is 14.9 Å². The topological polar surface area (TPSA) is 89.8 Å². The first-order valence-corrected chi connectivity index (χ1v) is 7.70. The van der Waals surface area contributed by atoms with E-state index >= 15 is 0 Å². The maximum Gasteiger partial charge on any atom is 0.338 e. The van der Waals surface area contributed by atoms with Gasteiger partial charge in [0.2, 0.25) is 5.91 Å². The third-order valence-corrected chi connectivity index (χ3v) is 3.62. The molecule has 0 N–H and O–H groups in total. The Morgan fingerprint density at radius 3 is 2.44 bits per heavy atom. The Bertz CT molecular complexity index is 789. The lowest BCUT2D eigenvalue weighted by Gasteiger charge is -2.18. The number of nitro benzene ring substituents is 1. The molecule has 0 radical (unpaired) electrons. The van der Waals surface area contributed by atoms with Crippen molar-refractivity contribution in [2.24, 2.45) is 0 Å². The number of carbonyl (C=O) groups excluding carboxylic acids is 2. The van der Waals surface area contributed by atoms with Gasteiger partial charge in [-0.05, 0) is 24.6 Å². The second-order valence-electron chi connectivity index (χ2n) is 5.30. The summed E-state index contributed by atoms with van der Waals surface area (Å²) in [7, 11) is 1.45. The zero-order valence-electron chi connectivity index (χ0n) is 14.0. The monoisotopic (exact) mass is 342 g/mol. The van der Waals surface area contributed by atoms with Gasteiger partial charge < -0.3 is 9.64 Å². The number of ether oxygens (including phenoxy) is 1. The molecule has 0 heterocycles. The molecule has 0 aliphatic rings. The molecule has 0 aliphatic carbocycles. The number of benzene rings is 2. The largest absolute Gasteiger partial charge is 0.462 e. The molecule has 0 saturated carbocycles. The maximum absolute atomic E-state index is 12.5. The third-order valence-electron chi connectivity index (χ3n) is 3.62. The van der Waals surface area contributed by atoms with Gasteiger partial charge in [0, 0.05) is 13.1 Å². The van der Waals surface area contributed by atoms with Gasteiger partial charge in [-0.15, -0.1) is 0 Å². The van der Waals surface area contributed by atoms with Crippen molar-refractivity contribution in [2.45, 2.75) is 13.3 Å². The molecule has 0 fully saturated rings. The van der Waals surface area contributed by atoms with Crippen molar-refractivity contribution < 1.29 is 19.2 Å². The second kappa shape index (κ2) is 8.05. The van der Waals surface area contributed by atoms with Crippen LogP contribution in [-0.2, 0) is 16.0 Å². The minimum atomic E-state index is -0.595. The van der Waals surface area contributed by atoms with Gasteiger partial charge in [0.25, 0.3) is 5.69 Å². The Kier molecular flexibility index (Phi) is 5.84. The molecule has 0 spiro atoms. The molecule has 130 valence electrons. The maximum atomic E-state index is 12.5. The van der Waals surface area contributed by atoms with Crippen molar-refractivity contribution in [3.63, 3.8) is 0 Å². The SMILES string of the molecule is CCOC(=O)c1ccc([N+](=O)[O-])c(N(C)C(=O)Cc2ccccc2)c1. The average Bonchev–Trinajstić information content (AvgIpc) is 2.61. The predicted molar refractivity (Wildman–Crippen MR) is 92.6 cm³/mol. The molecule has 7 nitrogen and oxygen atoms in total. The van der Waals surface area contributed by atoms with Gasteiger partial charge in [0.15, 0.2) is 0 Å². The lowest BCUT2D eigenvalue weighted by atomic mass is 10.1. The number of esters is 1. The molecule has 0 saturated heterocycles. The van der Waals surface area contributed by atoms with Gasteiger partial charge in [-0.2, -0.15) is 0 Å². The molecular weight excluding hydrogens is 324 g/mol. The van der Waals surface area contributed by atoms with Crippen LogP contribution in [0.2, 0.25) is 0 Å². The molecular formula is C18H18N2O5. The van der Waals surface area contributed by atoms with E-state index in [2.05, 4.69) is 0 Å². The van der Waals surface area contributed by atoms with E-state index in [1.54, 1.807) is 19.1 Å². The molecule has 2 rings (SSSR count). The van der Waals surface area contributed by atoms with Gasteiger partial charge in [0.1, 0.15) is 5.69 Å². The highest BCUT2D eigenvalue weighted by atomic mass is 16.6. The zero-order valence-corrected chi connectivity index (χ0v) is 14.0. The van der Waals surface area contributed by atoms with E-state index in [-0.39, 0.29) is 35.9 Å². The molecule has 0 atom stereocenters. The first-order chi connectivity index (χ1) is 11.9. The fourth-order valence-electron chi connectivity index (χ4n) is 2.31. The van der Waals surface area contributed by atoms with Crippen LogP contribution in [0, 0.1) is 10.1 Å². The van der Waals surface area contributed by atoms with Crippen LogP contribution in [-0.4, -0.2) is 30.5 Å². The van der Waals surface area contributed by atoms with Crippen LogP contribution in [0.4, 0.5) is 11.4 Å². The number of nitro groups is 1. The minimum absolute atomic E-state index is 0.0523. The standard InChI is InChI=1S/C18H18N2O5/c1-3-25-18(22)14-9-10-15(20(23)24)16(12-14)19(2)17(21)11-13-7-5-4-6-8-13/h4-10,12H,3,11H2,1-2H3. The highest BCUT2D eigenvalue weighted by molar-refractivity contribution is 5.99. The van der Waals surface area contributed by atoms with Gasteiger partial charge in [0.05, 0.1) is 23.5 Å². The first kappa shape index (κ1) is 18.1. The Labute approximate surface area is 145 Å². The van der Waals surface area contributed by atoms with Crippen LogP contribution in [0.3, 0.4) is 0 Å². The van der Waals surface area contributed by atoms with Crippen LogP contribution in [0.1, 0.15) is 22.8 Å². The van der Waals surface area contributed by atoms with Crippen molar-refractivity contribution in [3.05, 3.63) is 69.8 Å². The zero-order chi connectivity index (χ0) is 18.4. The summed E-state index contributed by atoms with van der Waals surface area (Å²) in [6.45, 7) is 1.85. The quantitative estimate of drug-likeness (QED) is 0.457. The summed E-state index contributed by atoms with van der Waals surface area (Å²) in [5, 5.41) is 11.3. The predicted octanol–water partition coefficient (Wildman–Crippen LogP) is 2.98. The Balaban J connectivity index is 2.33. The van der Waals surface area contributed by atoms with Crippen molar-refractivity contribution in [2.75, 3.05) is 18.6 Å². The normalized spacial score (nSPS) is 10.2. The summed E-state index contributed by atoms with van der Waals surface area (Å²) in [6.07, 6.45) is 0.0954. The van der Waals surface area contributed by atoms with E-state index in [9.17, 15) is 19.7 Å². The van der Waals surface area contributed by atoms with E-state index < -0.39 is 10.9 Å². The van der Waals surface area contributed by atoms with Gasteiger partial charge in [-0.25, -0.2) is 4.79 Å². The number of nitrogens with zero attached hydrogens (tertiary/aromatic N) is 2. The summed E-state index contributed by atoms with van der Waals surface area (Å²) >= 11 is 0. The number of hydrogen-bond donors (Lipinski definition) is 0. The average molecular weight is 342 g/mol. The molecule has 2 aromatic rings. The van der Waals surface area contributed by atoms with Crippen molar-refractivity contribution in [1.29, 1.82) is 0 Å². The van der Waals surface area contributed by atoms with Crippen LogP contribution in [0.25, 0.3) is 0 Å². The van der Waals surface area contributed by atoms with Gasteiger partial charge >= 0.3 is 5.97 Å². The summed E-state index contributed by atoms with van der Waals surface area (Å²) in [4.78, 5) is 36.2. The summed E-state index contributed by atoms with van der Waals surface area (Å²) < 4.78 is 4.91. The Hall–Kier alpha value is -3.22. The lowest BCUT2D eigenvalue weighted by Crippen LogP contribution is -2.28. The van der Waals surface area contributed by atoms with Crippen molar-refractivity contribution >= 4 is 23.3 Å². The molecule has 25 heavy (non-hydrogen) atoms. The highest BCUT2D eigenvalue weighted by Gasteiger charge is 2.23. The second-order valence-corrected chi connectivity index (χ2v) is 5.30. The molecule has 0 bridgehead atoms. The molecule has 1 amide bonds. The Morgan fingerprint density at radius 1 is 1.16 bits per heavy atom. The lowest BCUT2D eigenvalue weighted by molar-refractivity contribution is -0.384. The summed E-state index contributed by atoms with van der Waals surface area (Å²) in [6, 6.07) is 12.9.